The van der Waals surface area contributed by atoms with E-state index in [4.69, 9.17) is 11.6 Å². The van der Waals surface area contributed by atoms with Crippen LogP contribution in [0.1, 0.15) is 23.2 Å². The zero-order valence-electron chi connectivity index (χ0n) is 13.2. The van der Waals surface area contributed by atoms with Crippen molar-refractivity contribution in [2.45, 2.75) is 17.7 Å². The van der Waals surface area contributed by atoms with Gasteiger partial charge >= 0.3 is 0 Å². The van der Waals surface area contributed by atoms with Crippen LogP contribution in [-0.2, 0) is 10.0 Å². The van der Waals surface area contributed by atoms with Gasteiger partial charge in [-0.3, -0.25) is 14.5 Å². The number of carbonyl (C=O) groups is 1. The molecule has 1 amide bonds. The van der Waals surface area contributed by atoms with Crippen molar-refractivity contribution in [3.05, 3.63) is 59.1 Å². The summed E-state index contributed by atoms with van der Waals surface area (Å²) in [5.74, 6) is 0.0544. The van der Waals surface area contributed by atoms with Gasteiger partial charge in [0.15, 0.2) is 0 Å². The minimum absolute atomic E-state index is 0.0547. The van der Waals surface area contributed by atoms with Crippen LogP contribution < -0.4 is 10.0 Å². The molecule has 0 spiro atoms. The molecular formula is C17H16ClN3O3S. The third kappa shape index (κ3) is 4.18. The number of nitrogens with one attached hydrogen (secondary N) is 2. The van der Waals surface area contributed by atoms with Crippen LogP contribution in [0.2, 0.25) is 5.02 Å². The molecule has 25 heavy (non-hydrogen) atoms. The van der Waals surface area contributed by atoms with Crippen molar-refractivity contribution in [3.63, 3.8) is 0 Å². The molecule has 0 saturated carbocycles. The highest BCUT2D eigenvalue weighted by Gasteiger charge is 2.19. The van der Waals surface area contributed by atoms with Gasteiger partial charge in [0.2, 0.25) is 0 Å². The Morgan fingerprint density at radius 3 is 2.64 bits per heavy atom. The van der Waals surface area contributed by atoms with Crippen molar-refractivity contribution in [2.75, 3.05) is 11.9 Å². The first-order valence-corrected chi connectivity index (χ1v) is 9.54. The molecule has 2 aromatic carbocycles. The maximum atomic E-state index is 12.4. The second kappa shape index (κ2) is 7.25. The second-order valence-corrected chi connectivity index (χ2v) is 7.59. The van der Waals surface area contributed by atoms with Gasteiger partial charge in [0, 0.05) is 18.7 Å². The Labute approximate surface area is 151 Å². The van der Waals surface area contributed by atoms with E-state index in [2.05, 4.69) is 15.0 Å². The monoisotopic (exact) mass is 377 g/mol. The van der Waals surface area contributed by atoms with Crippen LogP contribution in [0, 0.1) is 0 Å². The van der Waals surface area contributed by atoms with Crippen molar-refractivity contribution >= 4 is 39.1 Å². The van der Waals surface area contributed by atoms with Crippen LogP contribution in [0.5, 0.6) is 0 Å². The highest BCUT2D eigenvalue weighted by atomic mass is 35.5. The van der Waals surface area contributed by atoms with Crippen molar-refractivity contribution in [1.82, 2.24) is 4.72 Å². The molecule has 0 aliphatic carbocycles. The number of anilines is 1. The van der Waals surface area contributed by atoms with E-state index in [1.165, 1.54) is 12.1 Å². The van der Waals surface area contributed by atoms with E-state index in [1.54, 1.807) is 36.4 Å². The fourth-order valence-electron chi connectivity index (χ4n) is 2.42. The van der Waals surface area contributed by atoms with Gasteiger partial charge < -0.3 is 5.32 Å². The molecule has 0 aromatic heterocycles. The van der Waals surface area contributed by atoms with E-state index in [1.807, 2.05) is 0 Å². The summed E-state index contributed by atoms with van der Waals surface area (Å²) in [6.45, 7) is 0.631. The summed E-state index contributed by atoms with van der Waals surface area (Å²) < 4.78 is 27.3. The lowest BCUT2D eigenvalue weighted by Gasteiger charge is -2.10. The Morgan fingerprint density at radius 1 is 1.12 bits per heavy atom. The Hall–Kier alpha value is -2.38. The molecule has 2 N–H and O–H groups in total. The molecule has 0 atom stereocenters. The summed E-state index contributed by atoms with van der Waals surface area (Å²) >= 11 is 6.00. The van der Waals surface area contributed by atoms with Crippen LogP contribution in [0.4, 0.5) is 5.69 Å². The highest BCUT2D eigenvalue weighted by molar-refractivity contribution is 7.90. The maximum Gasteiger partial charge on any atom is 0.262 e. The molecule has 6 nitrogen and oxygen atoms in total. The third-order valence-electron chi connectivity index (χ3n) is 3.65. The van der Waals surface area contributed by atoms with E-state index in [0.29, 0.717) is 35.1 Å². The van der Waals surface area contributed by atoms with Crippen LogP contribution in [0.3, 0.4) is 0 Å². The maximum absolute atomic E-state index is 12.4. The Morgan fingerprint density at radius 2 is 1.92 bits per heavy atom. The number of aliphatic imine (C=N–C) groups is 1. The summed E-state index contributed by atoms with van der Waals surface area (Å²) in [5.41, 5.74) is 0.678. The number of sulfonamides is 1. The summed E-state index contributed by atoms with van der Waals surface area (Å²) in [7, 11) is -3.73. The average molecular weight is 378 g/mol. The lowest BCUT2D eigenvalue weighted by molar-refractivity contribution is 0.102. The van der Waals surface area contributed by atoms with Gasteiger partial charge in [-0.25, -0.2) is 8.42 Å². The summed E-state index contributed by atoms with van der Waals surface area (Å²) in [6.07, 6.45) is 1.45. The van der Waals surface area contributed by atoms with Gasteiger partial charge in [0.05, 0.1) is 15.5 Å². The van der Waals surface area contributed by atoms with E-state index in [0.717, 1.165) is 6.42 Å². The Kier molecular flexibility index (Phi) is 5.06. The predicted molar refractivity (Wildman–Crippen MR) is 97.7 cm³/mol. The first-order valence-electron chi connectivity index (χ1n) is 7.68. The quantitative estimate of drug-likeness (QED) is 0.858. The lowest BCUT2D eigenvalue weighted by atomic mass is 10.2. The number of hydrogen-bond acceptors (Lipinski definition) is 4. The Balaban J connectivity index is 1.79. The topological polar surface area (TPSA) is 87.6 Å². The fraction of sp³-hybridized carbons (Fsp3) is 0.176. The molecule has 3 rings (SSSR count). The van der Waals surface area contributed by atoms with Gasteiger partial charge in [-0.15, -0.1) is 0 Å². The molecule has 0 unspecified atom stereocenters. The standard InChI is InChI=1S/C17H16ClN3O3S/c18-15-8-2-1-7-14(15)17(22)20-12-5-3-6-13(11-12)25(23,24)21-16-9-4-10-19-16/h1-3,5-8,11H,4,9-10H2,(H,19,21)(H,20,22). The first-order chi connectivity index (χ1) is 12.0. The minimum atomic E-state index is -3.73. The molecular weight excluding hydrogens is 362 g/mol. The van der Waals surface area contributed by atoms with Crippen LogP contribution in [0.15, 0.2) is 58.4 Å². The van der Waals surface area contributed by atoms with Gasteiger partial charge in [-0.05, 0) is 36.8 Å². The predicted octanol–water partition coefficient (Wildman–Crippen LogP) is 3.06. The molecule has 130 valence electrons. The van der Waals surface area contributed by atoms with Crippen molar-refractivity contribution in [3.8, 4) is 0 Å². The van der Waals surface area contributed by atoms with E-state index in [9.17, 15) is 13.2 Å². The van der Waals surface area contributed by atoms with Crippen LogP contribution >= 0.6 is 11.6 Å². The summed E-state index contributed by atoms with van der Waals surface area (Å²) in [6, 6.07) is 12.7. The molecule has 1 aliphatic rings. The number of hydrogen-bond donors (Lipinski definition) is 2. The number of carbonyl (C=O) groups excluding carboxylic acids is 1. The van der Waals surface area contributed by atoms with Gasteiger partial charge in [-0.2, -0.15) is 0 Å². The molecule has 1 heterocycles. The Bertz CT molecular complexity index is 942. The zero-order valence-corrected chi connectivity index (χ0v) is 14.8. The summed E-state index contributed by atoms with van der Waals surface area (Å²) in [4.78, 5) is 16.5. The summed E-state index contributed by atoms with van der Waals surface area (Å²) in [5, 5.41) is 2.98. The molecule has 8 heteroatoms. The number of rotatable bonds is 4. The van der Waals surface area contributed by atoms with E-state index < -0.39 is 15.9 Å². The molecule has 0 saturated heterocycles. The van der Waals surface area contributed by atoms with E-state index >= 15 is 0 Å². The van der Waals surface area contributed by atoms with Crippen molar-refractivity contribution in [2.24, 2.45) is 4.99 Å². The molecule has 0 fully saturated rings. The van der Waals surface area contributed by atoms with Crippen molar-refractivity contribution < 1.29 is 13.2 Å². The number of nitrogens with zero attached hydrogens (tertiary/aromatic N) is 1. The fourth-order valence-corrected chi connectivity index (χ4v) is 3.78. The third-order valence-corrected chi connectivity index (χ3v) is 5.36. The van der Waals surface area contributed by atoms with Crippen molar-refractivity contribution in [1.29, 1.82) is 0 Å². The SMILES string of the molecule is O=C(Nc1cccc(S(=O)(=O)NC2=NCCC2)c1)c1ccccc1Cl. The highest BCUT2D eigenvalue weighted by Crippen LogP contribution is 2.20. The molecule has 0 bridgehead atoms. The largest absolute Gasteiger partial charge is 0.322 e. The minimum Gasteiger partial charge on any atom is -0.322 e. The van der Waals surface area contributed by atoms with Gasteiger partial charge in [-0.1, -0.05) is 29.8 Å². The normalized spacial score (nSPS) is 14.0. The zero-order chi connectivity index (χ0) is 17.9. The lowest BCUT2D eigenvalue weighted by Crippen LogP contribution is -2.29. The molecule has 1 aliphatic heterocycles. The number of halogens is 1. The van der Waals surface area contributed by atoms with Crippen LogP contribution in [0.25, 0.3) is 0 Å². The first kappa shape index (κ1) is 17.4. The molecule has 2 aromatic rings. The molecule has 0 radical (unpaired) electrons. The van der Waals surface area contributed by atoms with Crippen LogP contribution in [-0.4, -0.2) is 26.7 Å². The smallest absolute Gasteiger partial charge is 0.262 e. The van der Waals surface area contributed by atoms with E-state index in [-0.39, 0.29) is 4.90 Å². The second-order valence-electron chi connectivity index (χ2n) is 5.50. The number of amidine groups is 1. The number of benzene rings is 2. The van der Waals surface area contributed by atoms with Gasteiger partial charge in [0.25, 0.3) is 15.9 Å². The number of amides is 1. The average Bonchev–Trinajstić information content (AvgIpc) is 3.07. The van der Waals surface area contributed by atoms with Gasteiger partial charge in [0.1, 0.15) is 5.84 Å².